The van der Waals surface area contributed by atoms with Crippen LogP contribution in [0.4, 0.5) is 0 Å². The molecule has 0 saturated heterocycles. The third kappa shape index (κ3) is 1.15. The molecule has 1 aromatic rings. The number of furan rings is 1. The summed E-state index contributed by atoms with van der Waals surface area (Å²) < 4.78 is 4.89. The standard InChI is InChI=1S/C7H4N2O/c8-4-3-6-1-2-7(5-9)10-6/h1-2H,3H2. The lowest BCUT2D eigenvalue weighted by atomic mass is 10.3. The van der Waals surface area contributed by atoms with Crippen molar-refractivity contribution in [2.45, 2.75) is 6.42 Å². The predicted octanol–water partition coefficient (Wildman–Crippen LogP) is 1.22. The van der Waals surface area contributed by atoms with Crippen LogP contribution in [0.25, 0.3) is 0 Å². The van der Waals surface area contributed by atoms with Gasteiger partial charge in [-0.05, 0) is 12.1 Å². The van der Waals surface area contributed by atoms with Gasteiger partial charge in [0.1, 0.15) is 11.8 Å². The highest BCUT2D eigenvalue weighted by Crippen LogP contribution is 2.05. The monoisotopic (exact) mass is 132 g/mol. The fourth-order valence-corrected chi connectivity index (χ4v) is 0.611. The molecule has 0 amide bonds. The summed E-state index contributed by atoms with van der Waals surface area (Å²) in [6.07, 6.45) is 0.224. The van der Waals surface area contributed by atoms with E-state index in [0.717, 1.165) is 0 Å². The summed E-state index contributed by atoms with van der Waals surface area (Å²) in [5.74, 6) is 0.796. The first-order valence-corrected chi connectivity index (χ1v) is 2.72. The van der Waals surface area contributed by atoms with Crippen LogP contribution in [0.15, 0.2) is 16.5 Å². The molecule has 0 radical (unpaired) electrons. The Morgan fingerprint density at radius 3 is 2.70 bits per heavy atom. The zero-order valence-corrected chi connectivity index (χ0v) is 5.16. The average molecular weight is 132 g/mol. The van der Waals surface area contributed by atoms with E-state index in [4.69, 9.17) is 14.9 Å². The number of hydrogen-bond acceptors (Lipinski definition) is 3. The van der Waals surface area contributed by atoms with Gasteiger partial charge in [0.15, 0.2) is 0 Å². The second kappa shape index (κ2) is 2.70. The van der Waals surface area contributed by atoms with Gasteiger partial charge in [-0.2, -0.15) is 10.5 Å². The SMILES string of the molecule is N#CCc1ccc(C#N)o1. The molecule has 1 heterocycles. The molecule has 3 nitrogen and oxygen atoms in total. The van der Waals surface area contributed by atoms with E-state index in [9.17, 15) is 0 Å². The molecule has 0 saturated carbocycles. The van der Waals surface area contributed by atoms with Crippen LogP contribution >= 0.6 is 0 Å². The smallest absolute Gasteiger partial charge is 0.203 e. The first-order valence-electron chi connectivity index (χ1n) is 2.72. The van der Waals surface area contributed by atoms with Crippen LogP contribution in [-0.4, -0.2) is 0 Å². The molecule has 3 heteroatoms. The van der Waals surface area contributed by atoms with Crippen molar-refractivity contribution in [3.05, 3.63) is 23.7 Å². The van der Waals surface area contributed by atoms with E-state index in [1.165, 1.54) is 0 Å². The lowest BCUT2D eigenvalue weighted by Crippen LogP contribution is -1.72. The highest BCUT2D eigenvalue weighted by atomic mass is 16.3. The fourth-order valence-electron chi connectivity index (χ4n) is 0.611. The minimum Gasteiger partial charge on any atom is -0.450 e. The molecule has 0 aromatic carbocycles. The molecular formula is C7H4N2O. The van der Waals surface area contributed by atoms with Crippen molar-refractivity contribution in [3.63, 3.8) is 0 Å². The number of nitrogens with zero attached hydrogens (tertiary/aromatic N) is 2. The maximum absolute atomic E-state index is 8.29. The largest absolute Gasteiger partial charge is 0.450 e. The van der Waals surface area contributed by atoms with Crippen molar-refractivity contribution < 1.29 is 4.42 Å². The van der Waals surface area contributed by atoms with Crippen molar-refractivity contribution in [3.8, 4) is 12.1 Å². The Bertz CT molecular complexity index is 300. The van der Waals surface area contributed by atoms with E-state index >= 15 is 0 Å². The molecule has 0 spiro atoms. The number of nitriles is 2. The molecular weight excluding hydrogens is 128 g/mol. The number of hydrogen-bond donors (Lipinski definition) is 0. The first-order chi connectivity index (χ1) is 4.86. The summed E-state index contributed by atoms with van der Waals surface area (Å²) in [4.78, 5) is 0. The van der Waals surface area contributed by atoms with Crippen molar-refractivity contribution in [2.75, 3.05) is 0 Å². The summed E-state index contributed by atoms with van der Waals surface area (Å²) in [5, 5.41) is 16.5. The third-order valence-electron chi connectivity index (χ3n) is 1.03. The fraction of sp³-hybridized carbons (Fsp3) is 0.143. The van der Waals surface area contributed by atoms with Gasteiger partial charge in [0.05, 0.1) is 12.5 Å². The van der Waals surface area contributed by atoms with Crippen molar-refractivity contribution in [2.24, 2.45) is 0 Å². The summed E-state index contributed by atoms with van der Waals surface area (Å²) >= 11 is 0. The Balaban J connectivity index is 2.83. The van der Waals surface area contributed by atoms with Crippen LogP contribution in [-0.2, 0) is 6.42 Å². The highest BCUT2D eigenvalue weighted by molar-refractivity contribution is 5.20. The summed E-state index contributed by atoms with van der Waals surface area (Å²) in [6, 6.07) is 6.92. The van der Waals surface area contributed by atoms with Crippen molar-refractivity contribution in [1.29, 1.82) is 10.5 Å². The summed E-state index contributed by atoms with van der Waals surface area (Å²) in [7, 11) is 0. The number of rotatable bonds is 1. The average Bonchev–Trinajstić information content (AvgIpc) is 2.37. The summed E-state index contributed by atoms with van der Waals surface area (Å²) in [6.45, 7) is 0. The van der Waals surface area contributed by atoms with Gasteiger partial charge in [0.2, 0.25) is 5.76 Å². The lowest BCUT2D eigenvalue weighted by Gasteiger charge is -1.80. The van der Waals surface area contributed by atoms with Crippen LogP contribution < -0.4 is 0 Å². The Hall–Kier alpha value is -1.74. The van der Waals surface area contributed by atoms with Gasteiger partial charge in [-0.3, -0.25) is 0 Å². The van der Waals surface area contributed by atoms with Crippen LogP contribution in [0.2, 0.25) is 0 Å². The van der Waals surface area contributed by atoms with Gasteiger partial charge in [-0.15, -0.1) is 0 Å². The molecule has 1 aromatic heterocycles. The Morgan fingerprint density at radius 1 is 1.40 bits per heavy atom. The van der Waals surface area contributed by atoms with E-state index in [1.807, 2.05) is 12.1 Å². The Labute approximate surface area is 58.1 Å². The Morgan fingerprint density at radius 2 is 2.20 bits per heavy atom. The van der Waals surface area contributed by atoms with Gasteiger partial charge in [-0.1, -0.05) is 0 Å². The van der Waals surface area contributed by atoms with E-state index in [-0.39, 0.29) is 12.2 Å². The molecule has 0 bridgehead atoms. The normalized spacial score (nSPS) is 8.20. The minimum atomic E-state index is 0.224. The van der Waals surface area contributed by atoms with Crippen LogP contribution in [0.1, 0.15) is 11.5 Å². The highest BCUT2D eigenvalue weighted by Gasteiger charge is 1.97. The Kier molecular flexibility index (Phi) is 1.72. The van der Waals surface area contributed by atoms with Crippen molar-refractivity contribution >= 4 is 0 Å². The molecule has 10 heavy (non-hydrogen) atoms. The van der Waals surface area contributed by atoms with E-state index in [2.05, 4.69) is 0 Å². The molecule has 0 aliphatic rings. The second-order valence-electron chi connectivity index (χ2n) is 1.71. The topological polar surface area (TPSA) is 60.7 Å². The van der Waals surface area contributed by atoms with Crippen LogP contribution in [0, 0.1) is 22.7 Å². The van der Waals surface area contributed by atoms with Crippen LogP contribution in [0.3, 0.4) is 0 Å². The maximum atomic E-state index is 8.29. The molecule has 0 atom stereocenters. The second-order valence-corrected chi connectivity index (χ2v) is 1.71. The van der Waals surface area contributed by atoms with Gasteiger partial charge in [-0.25, -0.2) is 0 Å². The molecule has 0 N–H and O–H groups in total. The van der Waals surface area contributed by atoms with E-state index in [0.29, 0.717) is 5.76 Å². The van der Waals surface area contributed by atoms with E-state index in [1.54, 1.807) is 12.1 Å². The van der Waals surface area contributed by atoms with Gasteiger partial charge < -0.3 is 4.42 Å². The lowest BCUT2D eigenvalue weighted by molar-refractivity contribution is 0.512. The molecule has 0 aliphatic carbocycles. The zero-order chi connectivity index (χ0) is 7.40. The minimum absolute atomic E-state index is 0.224. The van der Waals surface area contributed by atoms with Gasteiger partial charge in [0.25, 0.3) is 0 Å². The van der Waals surface area contributed by atoms with Gasteiger partial charge >= 0.3 is 0 Å². The quantitative estimate of drug-likeness (QED) is 0.577. The molecule has 0 aliphatic heterocycles. The molecule has 48 valence electrons. The predicted molar refractivity (Wildman–Crippen MR) is 32.7 cm³/mol. The molecule has 0 unspecified atom stereocenters. The maximum Gasteiger partial charge on any atom is 0.203 e. The first kappa shape index (κ1) is 6.38. The van der Waals surface area contributed by atoms with E-state index < -0.39 is 0 Å². The zero-order valence-electron chi connectivity index (χ0n) is 5.16. The molecule has 0 fully saturated rings. The van der Waals surface area contributed by atoms with Gasteiger partial charge in [0, 0.05) is 0 Å². The third-order valence-corrected chi connectivity index (χ3v) is 1.03. The molecule has 1 rings (SSSR count). The summed E-state index contributed by atoms with van der Waals surface area (Å²) in [5.41, 5.74) is 0. The van der Waals surface area contributed by atoms with Crippen LogP contribution in [0.5, 0.6) is 0 Å². The van der Waals surface area contributed by atoms with Crippen molar-refractivity contribution in [1.82, 2.24) is 0 Å².